The van der Waals surface area contributed by atoms with Crippen molar-refractivity contribution < 1.29 is 14.7 Å². The van der Waals surface area contributed by atoms with E-state index in [0.717, 1.165) is 24.2 Å². The molecular weight excluding hydrogens is 412 g/mol. The van der Waals surface area contributed by atoms with Crippen LogP contribution in [0.2, 0.25) is 0 Å². The Morgan fingerprint density at radius 3 is 1.97 bits per heavy atom. The molecule has 4 atom stereocenters. The maximum Gasteiger partial charge on any atom is 0.224 e. The summed E-state index contributed by atoms with van der Waals surface area (Å²) in [4.78, 5) is 28.6. The van der Waals surface area contributed by atoms with Gasteiger partial charge in [-0.05, 0) is 48.6 Å². The number of hydrogen-bond acceptors (Lipinski definition) is 3. The van der Waals surface area contributed by atoms with Gasteiger partial charge in [0.05, 0.1) is 18.6 Å². The lowest BCUT2D eigenvalue weighted by Crippen LogP contribution is -2.44. The number of carbonyl (C=O) groups is 2. The smallest absolute Gasteiger partial charge is 0.224 e. The standard InChI is InChI=1S/C28H36N2O3/c31-20-26(16-22-11-5-2-6-12-22)29-28(33)25(15-21-9-3-1-4-10-21)17-27(32)30-18-23-13-7-8-14-24(23)19-30/h1-6,9-12,23-26,31H,7-8,13-20H2,(H,29,33)/t23?,24?,25-,26+/m0/s1. The molecule has 2 unspecified atom stereocenters. The van der Waals surface area contributed by atoms with Gasteiger partial charge in [0.1, 0.15) is 0 Å². The van der Waals surface area contributed by atoms with Crippen molar-refractivity contribution in [2.45, 2.75) is 51.0 Å². The number of aliphatic hydroxyl groups is 1. The van der Waals surface area contributed by atoms with Gasteiger partial charge in [0.2, 0.25) is 11.8 Å². The molecule has 5 heteroatoms. The number of carbonyl (C=O) groups excluding carboxylic acids is 2. The second-order valence-electron chi connectivity index (χ2n) is 9.77. The fourth-order valence-corrected chi connectivity index (χ4v) is 5.48. The molecule has 33 heavy (non-hydrogen) atoms. The van der Waals surface area contributed by atoms with Crippen LogP contribution in [-0.2, 0) is 22.4 Å². The van der Waals surface area contributed by atoms with Gasteiger partial charge in [-0.3, -0.25) is 9.59 Å². The van der Waals surface area contributed by atoms with Crippen molar-refractivity contribution >= 4 is 11.8 Å². The van der Waals surface area contributed by atoms with E-state index in [1.54, 1.807) is 0 Å². The predicted octanol–water partition coefficient (Wildman–Crippen LogP) is 3.60. The van der Waals surface area contributed by atoms with Gasteiger partial charge in [0, 0.05) is 19.5 Å². The number of nitrogens with zero attached hydrogens (tertiary/aromatic N) is 1. The summed E-state index contributed by atoms with van der Waals surface area (Å²) in [6.45, 7) is 1.55. The lowest BCUT2D eigenvalue weighted by molar-refractivity contribution is -0.136. The SMILES string of the molecule is O=C(N[C@@H](CO)Cc1ccccc1)[C@H](CC(=O)N1CC2CCCCC2C1)Cc1ccccc1. The number of nitrogens with one attached hydrogen (secondary N) is 1. The average Bonchev–Trinajstić information content (AvgIpc) is 3.29. The van der Waals surface area contributed by atoms with Crippen LogP contribution < -0.4 is 5.32 Å². The molecule has 1 saturated heterocycles. The van der Waals surface area contributed by atoms with Gasteiger partial charge in [-0.2, -0.15) is 0 Å². The maximum atomic E-state index is 13.3. The van der Waals surface area contributed by atoms with E-state index < -0.39 is 5.92 Å². The first-order valence-electron chi connectivity index (χ1n) is 12.4. The largest absolute Gasteiger partial charge is 0.394 e. The molecule has 0 radical (unpaired) electrons. The Labute approximate surface area is 197 Å². The van der Waals surface area contributed by atoms with E-state index in [-0.39, 0.29) is 30.9 Å². The van der Waals surface area contributed by atoms with Gasteiger partial charge in [-0.1, -0.05) is 73.5 Å². The van der Waals surface area contributed by atoms with Crippen LogP contribution in [0.5, 0.6) is 0 Å². The van der Waals surface area contributed by atoms with Crippen molar-refractivity contribution in [3.63, 3.8) is 0 Å². The molecule has 2 N–H and O–H groups in total. The molecule has 2 aromatic carbocycles. The second-order valence-corrected chi connectivity index (χ2v) is 9.77. The highest BCUT2D eigenvalue weighted by atomic mass is 16.3. The Bertz CT molecular complexity index is 888. The molecule has 2 aromatic rings. The first kappa shape index (κ1) is 23.5. The third-order valence-electron chi connectivity index (χ3n) is 7.34. The minimum atomic E-state index is -0.452. The molecule has 5 nitrogen and oxygen atoms in total. The first-order chi connectivity index (χ1) is 16.1. The van der Waals surface area contributed by atoms with Crippen molar-refractivity contribution in [2.24, 2.45) is 17.8 Å². The zero-order valence-electron chi connectivity index (χ0n) is 19.4. The number of fused-ring (bicyclic) bond motifs is 1. The van der Waals surface area contributed by atoms with Gasteiger partial charge in [-0.15, -0.1) is 0 Å². The zero-order valence-corrected chi connectivity index (χ0v) is 19.4. The van der Waals surface area contributed by atoms with Gasteiger partial charge in [-0.25, -0.2) is 0 Å². The van der Waals surface area contributed by atoms with Crippen LogP contribution in [0.1, 0.15) is 43.2 Å². The van der Waals surface area contributed by atoms with Crippen LogP contribution in [0.3, 0.4) is 0 Å². The average molecular weight is 449 g/mol. The minimum Gasteiger partial charge on any atom is -0.394 e. The van der Waals surface area contributed by atoms with Gasteiger partial charge < -0.3 is 15.3 Å². The van der Waals surface area contributed by atoms with Crippen LogP contribution in [0, 0.1) is 17.8 Å². The lowest BCUT2D eigenvalue weighted by Gasteiger charge is -2.24. The molecule has 176 valence electrons. The number of likely N-dealkylation sites (tertiary alicyclic amines) is 1. The van der Waals surface area contributed by atoms with E-state index in [1.165, 1.54) is 25.7 Å². The summed E-state index contributed by atoms with van der Waals surface area (Å²) in [5.74, 6) is 0.748. The van der Waals surface area contributed by atoms with Crippen LogP contribution in [0.25, 0.3) is 0 Å². The molecule has 1 saturated carbocycles. The normalized spacial score (nSPS) is 21.8. The number of benzene rings is 2. The first-order valence-corrected chi connectivity index (χ1v) is 12.4. The lowest BCUT2D eigenvalue weighted by atomic mass is 9.82. The number of hydrogen-bond donors (Lipinski definition) is 2. The summed E-state index contributed by atoms with van der Waals surface area (Å²) >= 11 is 0. The third-order valence-corrected chi connectivity index (χ3v) is 7.34. The maximum absolute atomic E-state index is 13.3. The fourth-order valence-electron chi connectivity index (χ4n) is 5.48. The van der Waals surface area contributed by atoms with Crippen molar-refractivity contribution in [2.75, 3.05) is 19.7 Å². The molecule has 2 amide bonds. The van der Waals surface area contributed by atoms with Crippen molar-refractivity contribution in [3.05, 3.63) is 71.8 Å². The Balaban J connectivity index is 1.42. The van der Waals surface area contributed by atoms with Gasteiger partial charge in [0.15, 0.2) is 0 Å². The molecule has 1 heterocycles. The highest BCUT2D eigenvalue weighted by Crippen LogP contribution is 2.36. The topological polar surface area (TPSA) is 69.6 Å². The Hall–Kier alpha value is -2.66. The van der Waals surface area contributed by atoms with E-state index in [1.807, 2.05) is 65.6 Å². The Morgan fingerprint density at radius 1 is 0.879 bits per heavy atom. The van der Waals surface area contributed by atoms with Crippen molar-refractivity contribution in [1.82, 2.24) is 10.2 Å². The van der Waals surface area contributed by atoms with E-state index in [2.05, 4.69) is 5.32 Å². The molecule has 0 bridgehead atoms. The molecule has 4 rings (SSSR count). The van der Waals surface area contributed by atoms with E-state index in [4.69, 9.17) is 0 Å². The molecule has 1 aliphatic carbocycles. The number of rotatable bonds is 9. The van der Waals surface area contributed by atoms with E-state index in [0.29, 0.717) is 24.7 Å². The summed E-state index contributed by atoms with van der Waals surface area (Å²) in [6.07, 6.45) is 6.27. The third kappa shape index (κ3) is 6.44. The Morgan fingerprint density at radius 2 is 1.42 bits per heavy atom. The highest BCUT2D eigenvalue weighted by Gasteiger charge is 2.37. The summed E-state index contributed by atoms with van der Waals surface area (Å²) in [6, 6.07) is 19.4. The van der Waals surface area contributed by atoms with Crippen molar-refractivity contribution in [3.8, 4) is 0 Å². The van der Waals surface area contributed by atoms with Crippen LogP contribution in [0.15, 0.2) is 60.7 Å². The van der Waals surface area contributed by atoms with E-state index in [9.17, 15) is 14.7 Å². The summed E-state index contributed by atoms with van der Waals surface area (Å²) in [5, 5.41) is 12.9. The second kappa shape index (κ2) is 11.5. The molecule has 0 spiro atoms. The van der Waals surface area contributed by atoms with Crippen LogP contribution >= 0.6 is 0 Å². The summed E-state index contributed by atoms with van der Waals surface area (Å²) in [7, 11) is 0. The minimum absolute atomic E-state index is 0.0871. The molecule has 2 aliphatic rings. The van der Waals surface area contributed by atoms with Gasteiger partial charge in [0.25, 0.3) is 0 Å². The molecule has 2 fully saturated rings. The highest BCUT2D eigenvalue weighted by molar-refractivity contribution is 5.86. The van der Waals surface area contributed by atoms with Crippen LogP contribution in [-0.4, -0.2) is 47.6 Å². The zero-order chi connectivity index (χ0) is 23.0. The number of aliphatic hydroxyl groups excluding tert-OH is 1. The number of amides is 2. The molecule has 0 aromatic heterocycles. The Kier molecular flexibility index (Phi) is 8.16. The fraction of sp³-hybridized carbons (Fsp3) is 0.500. The van der Waals surface area contributed by atoms with Crippen LogP contribution in [0.4, 0.5) is 0 Å². The summed E-state index contributed by atoms with van der Waals surface area (Å²) < 4.78 is 0. The quantitative estimate of drug-likeness (QED) is 0.616. The molecular formula is C28H36N2O3. The van der Waals surface area contributed by atoms with E-state index >= 15 is 0 Å². The van der Waals surface area contributed by atoms with Crippen molar-refractivity contribution in [1.29, 1.82) is 0 Å². The summed E-state index contributed by atoms with van der Waals surface area (Å²) in [5.41, 5.74) is 2.11. The predicted molar refractivity (Wildman–Crippen MR) is 129 cm³/mol. The monoisotopic (exact) mass is 448 g/mol. The molecule has 1 aliphatic heterocycles. The van der Waals surface area contributed by atoms with Gasteiger partial charge >= 0.3 is 0 Å².